The van der Waals surface area contributed by atoms with Crippen molar-refractivity contribution in [2.24, 2.45) is 0 Å². The van der Waals surface area contributed by atoms with Crippen LogP contribution in [0.5, 0.6) is 11.5 Å². The molecule has 2 aliphatic heterocycles. The molecule has 0 aliphatic carbocycles. The first kappa shape index (κ1) is 15.7. The lowest BCUT2D eigenvalue weighted by Gasteiger charge is -2.27. The number of hydrogen-bond acceptors (Lipinski definition) is 5. The van der Waals surface area contributed by atoms with Gasteiger partial charge in [0.2, 0.25) is 6.79 Å². The monoisotopic (exact) mass is 357 g/mol. The molecule has 1 amide bonds. The minimum atomic E-state index is -3.29. The quantitative estimate of drug-likeness (QED) is 0.843. The van der Waals surface area contributed by atoms with Crippen LogP contribution < -0.4 is 14.4 Å². The van der Waals surface area contributed by atoms with E-state index in [9.17, 15) is 13.2 Å². The molecule has 6 nitrogen and oxygen atoms in total. The maximum absolute atomic E-state index is 13.1. The largest absolute Gasteiger partial charge is 0.454 e. The normalized spacial score (nSPS) is 19.8. The maximum Gasteiger partial charge on any atom is 0.258 e. The van der Waals surface area contributed by atoms with Gasteiger partial charge in [-0.15, -0.1) is 0 Å². The summed E-state index contributed by atoms with van der Waals surface area (Å²) < 4.78 is 34.3. The van der Waals surface area contributed by atoms with Crippen molar-refractivity contribution < 1.29 is 22.7 Å². The van der Waals surface area contributed by atoms with Crippen LogP contribution in [0.4, 0.5) is 5.69 Å². The van der Waals surface area contributed by atoms with E-state index >= 15 is 0 Å². The van der Waals surface area contributed by atoms with Gasteiger partial charge in [-0.3, -0.25) is 4.79 Å². The van der Waals surface area contributed by atoms with Crippen LogP contribution in [-0.4, -0.2) is 32.9 Å². The van der Waals surface area contributed by atoms with Crippen molar-refractivity contribution in [3.63, 3.8) is 0 Å². The highest BCUT2D eigenvalue weighted by Crippen LogP contribution is 2.34. The standard InChI is InChI=1S/C18H15NO5S/c20-18(13-6-7-16-17(10-13)24-12-23-16)19(14-4-2-1-3-5-14)15-8-9-25(21,22)11-15/h1-10,15H,11-12H2/t15-/m0/s1. The molecule has 0 aromatic heterocycles. The van der Waals surface area contributed by atoms with Crippen LogP contribution in [0.1, 0.15) is 10.4 Å². The molecule has 1 atom stereocenters. The van der Waals surface area contributed by atoms with Crippen molar-refractivity contribution in [1.82, 2.24) is 0 Å². The molecule has 2 aromatic rings. The Morgan fingerprint density at radius 1 is 1.04 bits per heavy atom. The molecule has 2 aliphatic rings. The third kappa shape index (κ3) is 2.98. The Balaban J connectivity index is 1.73. The number of benzene rings is 2. The van der Waals surface area contributed by atoms with Crippen molar-refractivity contribution >= 4 is 21.4 Å². The third-order valence-electron chi connectivity index (χ3n) is 4.12. The highest BCUT2D eigenvalue weighted by atomic mass is 32.2. The molecule has 25 heavy (non-hydrogen) atoms. The Morgan fingerprint density at radius 3 is 2.52 bits per heavy atom. The predicted octanol–water partition coefficient (Wildman–Crippen LogP) is 2.37. The summed E-state index contributed by atoms with van der Waals surface area (Å²) >= 11 is 0. The molecular weight excluding hydrogens is 342 g/mol. The van der Waals surface area contributed by atoms with Crippen LogP contribution in [-0.2, 0) is 9.84 Å². The average Bonchev–Trinajstić information content (AvgIpc) is 3.21. The zero-order chi connectivity index (χ0) is 17.4. The SMILES string of the molecule is O=C(c1ccc2c(c1)OCO2)N(c1ccccc1)[C@H]1C=CS(=O)(=O)C1. The molecule has 0 spiro atoms. The van der Waals surface area contributed by atoms with Crippen LogP contribution in [0, 0.1) is 0 Å². The second-order valence-electron chi connectivity index (χ2n) is 5.80. The van der Waals surface area contributed by atoms with Crippen LogP contribution in [0.2, 0.25) is 0 Å². The topological polar surface area (TPSA) is 72.9 Å². The number of amides is 1. The van der Waals surface area contributed by atoms with E-state index < -0.39 is 15.9 Å². The lowest BCUT2D eigenvalue weighted by Crippen LogP contribution is -2.41. The Morgan fingerprint density at radius 2 is 1.80 bits per heavy atom. The summed E-state index contributed by atoms with van der Waals surface area (Å²) in [4.78, 5) is 14.6. The number of sulfone groups is 1. The lowest BCUT2D eigenvalue weighted by molar-refractivity contribution is 0.0982. The molecule has 0 saturated carbocycles. The molecule has 0 bridgehead atoms. The van der Waals surface area contributed by atoms with Gasteiger partial charge in [-0.05, 0) is 36.4 Å². The Hall–Kier alpha value is -2.80. The zero-order valence-electron chi connectivity index (χ0n) is 13.2. The Bertz CT molecular complexity index is 953. The van der Waals surface area contributed by atoms with Gasteiger partial charge in [-0.1, -0.05) is 18.2 Å². The van der Waals surface area contributed by atoms with E-state index in [4.69, 9.17) is 9.47 Å². The summed E-state index contributed by atoms with van der Waals surface area (Å²) in [6.45, 7) is 0.124. The van der Waals surface area contributed by atoms with Gasteiger partial charge in [0.1, 0.15) is 0 Å². The van der Waals surface area contributed by atoms with E-state index in [-0.39, 0.29) is 18.5 Å². The summed E-state index contributed by atoms with van der Waals surface area (Å²) in [6, 6.07) is 13.4. The number of carbonyl (C=O) groups excluding carboxylic acids is 1. The summed E-state index contributed by atoms with van der Waals surface area (Å²) in [5.41, 5.74) is 1.04. The fourth-order valence-corrected chi connectivity index (χ4v) is 4.20. The van der Waals surface area contributed by atoms with Crippen molar-refractivity contribution in [2.75, 3.05) is 17.4 Å². The van der Waals surface area contributed by atoms with Crippen molar-refractivity contribution in [3.05, 3.63) is 65.6 Å². The molecule has 0 unspecified atom stereocenters. The maximum atomic E-state index is 13.1. The molecule has 0 saturated heterocycles. The molecule has 0 fully saturated rings. The van der Waals surface area contributed by atoms with E-state index in [1.54, 1.807) is 36.4 Å². The van der Waals surface area contributed by atoms with Gasteiger partial charge >= 0.3 is 0 Å². The Labute approximate surface area is 145 Å². The summed E-state index contributed by atoms with van der Waals surface area (Å²) in [5.74, 6) is 0.675. The number of rotatable bonds is 3. The molecular formula is C18H15NO5S. The number of ether oxygens (including phenoxy) is 2. The molecule has 0 radical (unpaired) electrons. The lowest BCUT2D eigenvalue weighted by atomic mass is 10.1. The fourth-order valence-electron chi connectivity index (χ4n) is 2.94. The van der Waals surface area contributed by atoms with Crippen LogP contribution in [0.3, 0.4) is 0 Å². The first-order valence-corrected chi connectivity index (χ1v) is 9.44. The van der Waals surface area contributed by atoms with Gasteiger partial charge in [0, 0.05) is 16.7 Å². The fraction of sp³-hybridized carbons (Fsp3) is 0.167. The molecule has 4 rings (SSSR count). The first-order valence-electron chi connectivity index (χ1n) is 7.73. The third-order valence-corrected chi connectivity index (χ3v) is 5.49. The summed E-state index contributed by atoms with van der Waals surface area (Å²) in [7, 11) is -3.29. The van der Waals surface area contributed by atoms with Crippen molar-refractivity contribution in [3.8, 4) is 11.5 Å². The van der Waals surface area contributed by atoms with E-state index in [2.05, 4.69) is 0 Å². The minimum Gasteiger partial charge on any atom is -0.454 e. The number of nitrogens with zero attached hydrogens (tertiary/aromatic N) is 1. The number of anilines is 1. The number of fused-ring (bicyclic) bond motifs is 1. The molecule has 128 valence electrons. The highest BCUT2D eigenvalue weighted by molar-refractivity contribution is 7.94. The van der Waals surface area contributed by atoms with Gasteiger partial charge in [-0.2, -0.15) is 0 Å². The second kappa shape index (κ2) is 5.93. The van der Waals surface area contributed by atoms with E-state index in [0.29, 0.717) is 22.7 Å². The highest BCUT2D eigenvalue weighted by Gasteiger charge is 2.32. The second-order valence-corrected chi connectivity index (χ2v) is 7.74. The smallest absolute Gasteiger partial charge is 0.258 e. The minimum absolute atomic E-state index is 0.124. The van der Waals surface area contributed by atoms with Gasteiger partial charge in [0.05, 0.1) is 11.8 Å². The first-order chi connectivity index (χ1) is 12.0. The van der Waals surface area contributed by atoms with Crippen LogP contribution >= 0.6 is 0 Å². The number of carbonyl (C=O) groups is 1. The average molecular weight is 357 g/mol. The zero-order valence-corrected chi connectivity index (χ0v) is 14.0. The molecule has 2 heterocycles. The van der Waals surface area contributed by atoms with Gasteiger partial charge in [0.25, 0.3) is 5.91 Å². The summed E-state index contributed by atoms with van der Waals surface area (Å²) in [6.07, 6.45) is 1.55. The van der Waals surface area contributed by atoms with E-state index in [1.807, 2.05) is 18.2 Å². The molecule has 7 heteroatoms. The molecule has 2 aromatic carbocycles. The Kier molecular flexibility index (Phi) is 3.73. The number of hydrogen-bond donors (Lipinski definition) is 0. The van der Waals surface area contributed by atoms with E-state index in [0.717, 1.165) is 0 Å². The van der Waals surface area contributed by atoms with Crippen molar-refractivity contribution in [2.45, 2.75) is 6.04 Å². The van der Waals surface area contributed by atoms with E-state index in [1.165, 1.54) is 10.3 Å². The van der Waals surface area contributed by atoms with Gasteiger partial charge in [-0.25, -0.2) is 8.42 Å². The van der Waals surface area contributed by atoms with Gasteiger partial charge < -0.3 is 14.4 Å². The van der Waals surface area contributed by atoms with Crippen LogP contribution in [0.25, 0.3) is 0 Å². The molecule has 0 N–H and O–H groups in total. The van der Waals surface area contributed by atoms with Crippen LogP contribution in [0.15, 0.2) is 60.0 Å². The summed E-state index contributed by atoms with van der Waals surface area (Å²) in [5, 5.41) is 1.17. The van der Waals surface area contributed by atoms with Gasteiger partial charge in [0.15, 0.2) is 21.3 Å². The van der Waals surface area contributed by atoms with Crippen molar-refractivity contribution in [1.29, 1.82) is 0 Å². The number of para-hydroxylation sites is 1. The predicted molar refractivity (Wildman–Crippen MR) is 92.5 cm³/mol.